The molecule has 1 heterocycles. The number of benzene rings is 1. The molecule has 2 rings (SSSR count). The number of halogens is 1. The maximum atomic E-state index is 9.57. The fourth-order valence-corrected chi connectivity index (χ4v) is 1.77. The standard InChI is InChI=1S/C9H9IN2O/c10-6-1-2-8(13)7(5-6)9-11-3-4-12-9/h1-2,5,13H,3-4H2,(H,11,12). The molecule has 0 amide bonds. The van der Waals surface area contributed by atoms with Crippen LogP contribution in [0.15, 0.2) is 23.2 Å². The molecule has 1 aliphatic heterocycles. The monoisotopic (exact) mass is 288 g/mol. The van der Waals surface area contributed by atoms with Crippen LogP contribution in [-0.2, 0) is 0 Å². The molecule has 0 saturated heterocycles. The van der Waals surface area contributed by atoms with E-state index in [2.05, 4.69) is 32.9 Å². The van der Waals surface area contributed by atoms with E-state index in [9.17, 15) is 5.11 Å². The molecule has 0 atom stereocenters. The first kappa shape index (κ1) is 8.80. The Labute approximate surface area is 90.0 Å². The molecule has 2 N–H and O–H groups in total. The molecule has 1 aromatic rings. The number of phenolic OH excluding ortho intramolecular Hbond substituents is 1. The van der Waals surface area contributed by atoms with E-state index < -0.39 is 0 Å². The maximum absolute atomic E-state index is 9.57. The molecule has 3 nitrogen and oxygen atoms in total. The number of phenols is 1. The molecule has 0 fully saturated rings. The summed E-state index contributed by atoms with van der Waals surface area (Å²) in [6.07, 6.45) is 0. The molecule has 0 bridgehead atoms. The number of nitrogens with zero attached hydrogens (tertiary/aromatic N) is 1. The van der Waals surface area contributed by atoms with Gasteiger partial charge in [0.1, 0.15) is 11.6 Å². The summed E-state index contributed by atoms with van der Waals surface area (Å²) in [7, 11) is 0. The zero-order valence-corrected chi connectivity index (χ0v) is 9.08. The largest absolute Gasteiger partial charge is 0.507 e. The lowest BCUT2D eigenvalue weighted by Gasteiger charge is -2.05. The Kier molecular flexibility index (Phi) is 2.39. The van der Waals surface area contributed by atoms with Crippen molar-refractivity contribution in [3.8, 4) is 5.75 Å². The number of amidine groups is 1. The van der Waals surface area contributed by atoms with Crippen molar-refractivity contribution < 1.29 is 5.11 Å². The lowest BCUT2D eigenvalue weighted by atomic mass is 10.2. The van der Waals surface area contributed by atoms with Crippen molar-refractivity contribution in [1.29, 1.82) is 0 Å². The van der Waals surface area contributed by atoms with Crippen LogP contribution >= 0.6 is 22.6 Å². The number of aromatic hydroxyl groups is 1. The first-order chi connectivity index (χ1) is 6.27. The molecular weight excluding hydrogens is 279 g/mol. The van der Waals surface area contributed by atoms with Crippen LogP contribution in [0.1, 0.15) is 5.56 Å². The Balaban J connectivity index is 2.43. The predicted octanol–water partition coefficient (Wildman–Crippen LogP) is 1.35. The first-order valence-corrected chi connectivity index (χ1v) is 5.12. The molecule has 0 radical (unpaired) electrons. The molecule has 4 heteroatoms. The molecule has 1 aliphatic rings. The highest BCUT2D eigenvalue weighted by Crippen LogP contribution is 2.20. The van der Waals surface area contributed by atoms with E-state index in [1.165, 1.54) is 0 Å². The SMILES string of the molecule is Oc1ccc(I)cc1C1=NCCN1. The zero-order valence-electron chi connectivity index (χ0n) is 6.92. The smallest absolute Gasteiger partial charge is 0.132 e. The van der Waals surface area contributed by atoms with Crippen molar-refractivity contribution in [2.24, 2.45) is 4.99 Å². The van der Waals surface area contributed by atoms with Gasteiger partial charge in [0, 0.05) is 10.1 Å². The van der Waals surface area contributed by atoms with E-state index in [4.69, 9.17) is 0 Å². The van der Waals surface area contributed by atoms with Gasteiger partial charge in [0.25, 0.3) is 0 Å². The van der Waals surface area contributed by atoms with Crippen molar-refractivity contribution >= 4 is 28.4 Å². The van der Waals surface area contributed by atoms with Crippen molar-refractivity contribution in [1.82, 2.24) is 5.32 Å². The minimum absolute atomic E-state index is 0.286. The summed E-state index contributed by atoms with van der Waals surface area (Å²) in [6.45, 7) is 1.65. The molecule has 68 valence electrons. The van der Waals surface area contributed by atoms with E-state index in [0.717, 1.165) is 28.1 Å². The Morgan fingerprint density at radius 3 is 3.00 bits per heavy atom. The second kappa shape index (κ2) is 3.53. The van der Waals surface area contributed by atoms with Crippen LogP contribution in [0.4, 0.5) is 0 Å². The van der Waals surface area contributed by atoms with Crippen LogP contribution in [0, 0.1) is 3.57 Å². The molecule has 0 aliphatic carbocycles. The van der Waals surface area contributed by atoms with Crippen LogP contribution < -0.4 is 5.32 Å². The van der Waals surface area contributed by atoms with Crippen molar-refractivity contribution in [3.63, 3.8) is 0 Å². The summed E-state index contributed by atoms with van der Waals surface area (Å²) in [6, 6.07) is 5.49. The number of nitrogens with one attached hydrogen (secondary N) is 1. The number of hydrogen-bond acceptors (Lipinski definition) is 3. The second-order valence-corrected chi connectivity index (χ2v) is 4.06. The van der Waals surface area contributed by atoms with Gasteiger partial charge in [-0.15, -0.1) is 0 Å². The van der Waals surface area contributed by atoms with Crippen LogP contribution in [0.3, 0.4) is 0 Å². The van der Waals surface area contributed by atoms with Crippen molar-refractivity contribution in [3.05, 3.63) is 27.3 Å². The molecule has 1 aromatic carbocycles. The molecule has 0 spiro atoms. The molecule has 13 heavy (non-hydrogen) atoms. The topological polar surface area (TPSA) is 44.6 Å². The molecule has 0 unspecified atom stereocenters. The van der Waals surface area contributed by atoms with Gasteiger partial charge >= 0.3 is 0 Å². The predicted molar refractivity (Wildman–Crippen MR) is 60.2 cm³/mol. The Hall–Kier alpha value is -0.780. The van der Waals surface area contributed by atoms with Gasteiger partial charge in [-0.3, -0.25) is 4.99 Å². The minimum Gasteiger partial charge on any atom is -0.507 e. The van der Waals surface area contributed by atoms with Crippen LogP contribution in [0.5, 0.6) is 5.75 Å². The van der Waals surface area contributed by atoms with E-state index in [-0.39, 0.29) is 5.75 Å². The quantitative estimate of drug-likeness (QED) is 0.766. The van der Waals surface area contributed by atoms with Crippen LogP contribution in [-0.4, -0.2) is 24.0 Å². The van der Waals surface area contributed by atoms with Gasteiger partial charge in [0.15, 0.2) is 0 Å². The fourth-order valence-electron chi connectivity index (χ4n) is 1.28. The third kappa shape index (κ3) is 1.77. The van der Waals surface area contributed by atoms with Crippen LogP contribution in [0.25, 0.3) is 0 Å². The average Bonchev–Trinajstić information content (AvgIpc) is 2.61. The fraction of sp³-hybridized carbons (Fsp3) is 0.222. The highest BCUT2D eigenvalue weighted by atomic mass is 127. The maximum Gasteiger partial charge on any atom is 0.132 e. The molecular formula is C9H9IN2O. The first-order valence-electron chi connectivity index (χ1n) is 4.04. The Morgan fingerprint density at radius 1 is 1.46 bits per heavy atom. The van der Waals surface area contributed by atoms with Gasteiger partial charge in [0.2, 0.25) is 0 Å². The highest BCUT2D eigenvalue weighted by Gasteiger charge is 2.11. The van der Waals surface area contributed by atoms with E-state index in [0.29, 0.717) is 0 Å². The third-order valence-corrected chi connectivity index (χ3v) is 2.56. The van der Waals surface area contributed by atoms with E-state index >= 15 is 0 Å². The van der Waals surface area contributed by atoms with Gasteiger partial charge in [-0.2, -0.15) is 0 Å². The van der Waals surface area contributed by atoms with Gasteiger partial charge in [0.05, 0.1) is 12.1 Å². The highest BCUT2D eigenvalue weighted by molar-refractivity contribution is 14.1. The average molecular weight is 288 g/mol. The minimum atomic E-state index is 0.286. The second-order valence-electron chi connectivity index (χ2n) is 2.82. The van der Waals surface area contributed by atoms with Gasteiger partial charge in [-0.1, -0.05) is 0 Å². The Bertz CT molecular complexity index is 363. The summed E-state index contributed by atoms with van der Waals surface area (Å²) in [5, 5.41) is 12.7. The summed E-state index contributed by atoms with van der Waals surface area (Å²) >= 11 is 2.21. The van der Waals surface area contributed by atoms with Gasteiger partial charge in [-0.25, -0.2) is 0 Å². The summed E-state index contributed by atoms with van der Waals surface area (Å²) in [5.74, 6) is 1.09. The van der Waals surface area contributed by atoms with Gasteiger partial charge in [-0.05, 0) is 40.8 Å². The zero-order chi connectivity index (χ0) is 9.26. The lowest BCUT2D eigenvalue weighted by Crippen LogP contribution is -2.19. The van der Waals surface area contributed by atoms with E-state index in [1.807, 2.05) is 12.1 Å². The van der Waals surface area contributed by atoms with Gasteiger partial charge < -0.3 is 10.4 Å². The van der Waals surface area contributed by atoms with Crippen LogP contribution in [0.2, 0.25) is 0 Å². The summed E-state index contributed by atoms with van der Waals surface area (Å²) in [4.78, 5) is 4.25. The summed E-state index contributed by atoms with van der Waals surface area (Å²) in [5.41, 5.74) is 0.796. The van der Waals surface area contributed by atoms with Crippen molar-refractivity contribution in [2.45, 2.75) is 0 Å². The van der Waals surface area contributed by atoms with E-state index in [1.54, 1.807) is 6.07 Å². The number of hydrogen-bond donors (Lipinski definition) is 2. The molecule has 0 saturated carbocycles. The summed E-state index contributed by atoms with van der Waals surface area (Å²) < 4.78 is 1.10. The lowest BCUT2D eigenvalue weighted by molar-refractivity contribution is 0.474. The molecule has 0 aromatic heterocycles. The number of aliphatic imine (C=N–C) groups is 1. The third-order valence-electron chi connectivity index (χ3n) is 1.89. The number of rotatable bonds is 1. The Morgan fingerprint density at radius 2 is 2.31 bits per heavy atom. The normalized spacial score (nSPS) is 15.3. The van der Waals surface area contributed by atoms with Crippen molar-refractivity contribution in [2.75, 3.05) is 13.1 Å².